The molecule has 2 amide bonds. The molecule has 2 unspecified atom stereocenters. The third-order valence-electron chi connectivity index (χ3n) is 4.83. The molecule has 1 saturated heterocycles. The molecule has 6 heteroatoms. The van der Waals surface area contributed by atoms with Crippen molar-refractivity contribution in [2.45, 2.75) is 31.4 Å². The number of nitrogens with two attached hydrogens (primary N) is 1. The monoisotopic (exact) mass is 341 g/mol. The van der Waals surface area contributed by atoms with Crippen molar-refractivity contribution < 1.29 is 14.7 Å². The summed E-state index contributed by atoms with van der Waals surface area (Å²) >= 11 is 0. The average Bonchev–Trinajstić information content (AvgIpc) is 3.21. The van der Waals surface area contributed by atoms with Crippen molar-refractivity contribution in [1.82, 2.24) is 9.47 Å². The van der Waals surface area contributed by atoms with Crippen LogP contribution in [-0.4, -0.2) is 39.0 Å². The number of rotatable bonds is 5. The van der Waals surface area contributed by atoms with E-state index in [9.17, 15) is 14.7 Å². The van der Waals surface area contributed by atoms with Crippen LogP contribution in [0, 0.1) is 0 Å². The second kappa shape index (κ2) is 7.11. The predicted octanol–water partition coefficient (Wildman–Crippen LogP) is 1.85. The lowest BCUT2D eigenvalue weighted by molar-refractivity contribution is 0.0658. The number of amides is 2. The molecule has 1 aliphatic heterocycles. The van der Waals surface area contributed by atoms with Gasteiger partial charge in [0.2, 0.25) is 5.91 Å². The molecule has 0 saturated carbocycles. The van der Waals surface area contributed by atoms with Crippen molar-refractivity contribution in [2.24, 2.45) is 12.8 Å². The highest BCUT2D eigenvalue weighted by molar-refractivity contribution is 5.98. The summed E-state index contributed by atoms with van der Waals surface area (Å²) in [6.45, 7) is 0.655. The lowest BCUT2D eigenvalue weighted by atomic mass is 10.0. The Morgan fingerprint density at radius 3 is 2.68 bits per heavy atom. The van der Waals surface area contributed by atoms with E-state index in [1.165, 1.54) is 6.07 Å². The molecule has 0 aliphatic carbocycles. The number of aliphatic hydroxyl groups is 1. The van der Waals surface area contributed by atoms with Gasteiger partial charge in [0.05, 0.1) is 11.7 Å². The Morgan fingerprint density at radius 1 is 1.32 bits per heavy atom. The number of likely N-dealkylation sites (tertiary alicyclic amines) is 1. The molecule has 2 heterocycles. The number of hydrogen-bond acceptors (Lipinski definition) is 3. The van der Waals surface area contributed by atoms with E-state index in [1.807, 2.05) is 30.3 Å². The van der Waals surface area contributed by atoms with Crippen molar-refractivity contribution in [3.63, 3.8) is 0 Å². The normalized spacial score (nSPS) is 18.3. The minimum Gasteiger partial charge on any atom is -0.388 e. The Kier molecular flexibility index (Phi) is 4.90. The van der Waals surface area contributed by atoms with Gasteiger partial charge >= 0.3 is 0 Å². The summed E-state index contributed by atoms with van der Waals surface area (Å²) in [5.41, 5.74) is 6.92. The SMILES string of the molecule is Cn1cc(C(N)=O)cc1C(=O)N1CCCC1CC(O)c1ccccc1. The maximum atomic E-state index is 12.9. The van der Waals surface area contributed by atoms with E-state index in [-0.39, 0.29) is 11.9 Å². The standard InChI is InChI=1S/C19H23N3O3/c1-21-12-14(18(20)24)10-16(21)19(25)22-9-5-8-15(22)11-17(23)13-6-3-2-4-7-13/h2-4,6-7,10,12,15,17,23H,5,8-9,11H2,1H3,(H2,20,24). The van der Waals surface area contributed by atoms with Crippen molar-refractivity contribution >= 4 is 11.8 Å². The summed E-state index contributed by atoms with van der Waals surface area (Å²) in [6.07, 6.45) is 3.24. The fourth-order valence-corrected chi connectivity index (χ4v) is 3.48. The lowest BCUT2D eigenvalue weighted by Crippen LogP contribution is -2.37. The molecule has 1 aromatic heterocycles. The highest BCUT2D eigenvalue weighted by Gasteiger charge is 2.32. The number of aryl methyl sites for hydroxylation is 1. The van der Waals surface area contributed by atoms with Gasteiger partial charge in [0.25, 0.3) is 5.91 Å². The molecule has 0 bridgehead atoms. The minimum atomic E-state index is -0.603. The molecule has 6 nitrogen and oxygen atoms in total. The van der Waals surface area contributed by atoms with Crippen LogP contribution in [0.1, 0.15) is 51.8 Å². The Balaban J connectivity index is 1.75. The number of carbonyl (C=O) groups is 2. The maximum Gasteiger partial charge on any atom is 0.270 e. The van der Waals surface area contributed by atoms with Crippen molar-refractivity contribution in [3.8, 4) is 0 Å². The van der Waals surface area contributed by atoms with E-state index in [0.717, 1.165) is 18.4 Å². The molecule has 2 atom stereocenters. The van der Waals surface area contributed by atoms with Gasteiger partial charge in [-0.15, -0.1) is 0 Å². The molecule has 1 aliphatic rings. The molecule has 1 fully saturated rings. The predicted molar refractivity (Wildman–Crippen MR) is 94.0 cm³/mol. The van der Waals surface area contributed by atoms with Crippen molar-refractivity contribution in [2.75, 3.05) is 6.54 Å². The van der Waals surface area contributed by atoms with E-state index < -0.39 is 12.0 Å². The van der Waals surface area contributed by atoms with Crippen LogP contribution in [0.5, 0.6) is 0 Å². The van der Waals surface area contributed by atoms with Gasteiger partial charge in [0.1, 0.15) is 5.69 Å². The van der Waals surface area contributed by atoms with Gasteiger partial charge in [-0.3, -0.25) is 9.59 Å². The summed E-state index contributed by atoms with van der Waals surface area (Å²) in [5.74, 6) is -0.676. The van der Waals surface area contributed by atoms with Gasteiger partial charge in [-0.1, -0.05) is 30.3 Å². The largest absolute Gasteiger partial charge is 0.388 e. The molecule has 0 spiro atoms. The third-order valence-corrected chi connectivity index (χ3v) is 4.83. The van der Waals surface area contributed by atoms with Crippen LogP contribution in [0.25, 0.3) is 0 Å². The van der Waals surface area contributed by atoms with Crippen molar-refractivity contribution in [1.29, 1.82) is 0 Å². The molecule has 2 aromatic rings. The summed E-state index contributed by atoms with van der Waals surface area (Å²) in [5, 5.41) is 10.5. The molecular weight excluding hydrogens is 318 g/mol. The fourth-order valence-electron chi connectivity index (χ4n) is 3.48. The Hall–Kier alpha value is -2.60. The summed E-state index contributed by atoms with van der Waals surface area (Å²) in [6, 6.07) is 11.0. The molecule has 0 radical (unpaired) electrons. The number of nitrogens with zero attached hydrogens (tertiary/aromatic N) is 2. The first kappa shape index (κ1) is 17.2. The number of aliphatic hydroxyl groups excluding tert-OH is 1. The van der Waals surface area contributed by atoms with Crippen LogP contribution in [0.4, 0.5) is 0 Å². The Bertz CT molecular complexity index is 769. The Labute approximate surface area is 146 Å². The Morgan fingerprint density at radius 2 is 2.04 bits per heavy atom. The highest BCUT2D eigenvalue weighted by Crippen LogP contribution is 2.28. The third kappa shape index (κ3) is 3.58. The van der Waals surface area contributed by atoms with E-state index in [4.69, 9.17) is 5.73 Å². The highest BCUT2D eigenvalue weighted by atomic mass is 16.3. The number of aromatic nitrogens is 1. The van der Waals surface area contributed by atoms with Gasteiger partial charge in [0.15, 0.2) is 0 Å². The molecule has 1 aromatic carbocycles. The second-order valence-electron chi connectivity index (χ2n) is 6.55. The number of hydrogen-bond donors (Lipinski definition) is 2. The zero-order valence-corrected chi connectivity index (χ0v) is 14.3. The van der Waals surface area contributed by atoms with Crippen LogP contribution >= 0.6 is 0 Å². The average molecular weight is 341 g/mol. The smallest absolute Gasteiger partial charge is 0.270 e. The number of benzene rings is 1. The number of primary amides is 1. The zero-order valence-electron chi connectivity index (χ0n) is 14.3. The maximum absolute atomic E-state index is 12.9. The van der Waals surface area contributed by atoms with Crippen LogP contribution in [0.2, 0.25) is 0 Å². The molecular formula is C19H23N3O3. The van der Waals surface area contributed by atoms with Gasteiger partial charge in [-0.25, -0.2) is 0 Å². The minimum absolute atomic E-state index is 0.0189. The van der Waals surface area contributed by atoms with E-state index in [1.54, 1.807) is 22.7 Å². The lowest BCUT2D eigenvalue weighted by Gasteiger charge is -2.27. The fraction of sp³-hybridized carbons (Fsp3) is 0.368. The van der Waals surface area contributed by atoms with Crippen LogP contribution in [-0.2, 0) is 7.05 Å². The first-order valence-electron chi connectivity index (χ1n) is 8.47. The second-order valence-corrected chi connectivity index (χ2v) is 6.55. The zero-order chi connectivity index (χ0) is 18.0. The van der Waals surface area contributed by atoms with Crippen LogP contribution in [0.15, 0.2) is 42.6 Å². The molecule has 25 heavy (non-hydrogen) atoms. The molecule has 132 valence electrons. The summed E-state index contributed by atoms with van der Waals surface area (Å²) in [4.78, 5) is 26.0. The van der Waals surface area contributed by atoms with Crippen LogP contribution in [0.3, 0.4) is 0 Å². The first-order chi connectivity index (χ1) is 12.0. The van der Waals surface area contributed by atoms with Gasteiger partial charge in [-0.05, 0) is 30.9 Å². The van der Waals surface area contributed by atoms with Crippen molar-refractivity contribution in [3.05, 3.63) is 59.4 Å². The summed E-state index contributed by atoms with van der Waals surface area (Å²) in [7, 11) is 1.73. The molecule has 3 N–H and O–H groups in total. The van der Waals surface area contributed by atoms with E-state index in [0.29, 0.717) is 24.2 Å². The quantitative estimate of drug-likeness (QED) is 0.870. The molecule has 3 rings (SSSR count). The first-order valence-corrected chi connectivity index (χ1v) is 8.47. The van der Waals surface area contributed by atoms with Gasteiger partial charge in [0, 0.05) is 25.8 Å². The van der Waals surface area contributed by atoms with Gasteiger partial charge < -0.3 is 20.3 Å². The van der Waals surface area contributed by atoms with E-state index >= 15 is 0 Å². The van der Waals surface area contributed by atoms with E-state index in [2.05, 4.69) is 0 Å². The van der Waals surface area contributed by atoms with Crippen LogP contribution < -0.4 is 5.73 Å². The number of carbonyl (C=O) groups excluding carboxylic acids is 2. The van der Waals surface area contributed by atoms with Gasteiger partial charge in [-0.2, -0.15) is 0 Å². The topological polar surface area (TPSA) is 88.6 Å². The summed E-state index contributed by atoms with van der Waals surface area (Å²) < 4.78 is 1.63.